The van der Waals surface area contributed by atoms with Gasteiger partial charge in [0.15, 0.2) is 0 Å². The van der Waals surface area contributed by atoms with Crippen molar-refractivity contribution in [1.82, 2.24) is 10.3 Å². The van der Waals surface area contributed by atoms with Gasteiger partial charge < -0.3 is 4.90 Å². The second-order valence-corrected chi connectivity index (χ2v) is 3.70. The summed E-state index contributed by atoms with van der Waals surface area (Å²) in [6.07, 6.45) is -4.98. The Morgan fingerprint density at radius 3 is 2.32 bits per heavy atom. The lowest BCUT2D eigenvalue weighted by atomic mass is 10.3. The predicted molar refractivity (Wildman–Crippen MR) is 61.9 cm³/mol. The van der Waals surface area contributed by atoms with Crippen LogP contribution in [-0.4, -0.2) is 36.5 Å². The summed E-state index contributed by atoms with van der Waals surface area (Å²) < 4.78 is 36.2. The van der Waals surface area contributed by atoms with E-state index < -0.39 is 24.5 Å². The van der Waals surface area contributed by atoms with Gasteiger partial charge in [0.2, 0.25) is 0 Å². The van der Waals surface area contributed by atoms with Gasteiger partial charge in [0.25, 0.3) is 5.91 Å². The van der Waals surface area contributed by atoms with Crippen molar-refractivity contribution in [3.05, 3.63) is 30.3 Å². The Labute approximate surface area is 107 Å². The van der Waals surface area contributed by atoms with Gasteiger partial charge in [-0.15, -0.1) is 0 Å². The molecule has 0 fully saturated rings. The van der Waals surface area contributed by atoms with Crippen LogP contribution in [0.1, 0.15) is 0 Å². The fourth-order valence-electron chi connectivity index (χ4n) is 1.21. The van der Waals surface area contributed by atoms with Crippen LogP contribution in [0.4, 0.5) is 18.9 Å². The molecule has 0 bridgehead atoms. The number of para-hydroxylation sites is 1. The molecule has 0 heterocycles. The predicted octanol–water partition coefficient (Wildman–Crippen LogP) is 1.15. The van der Waals surface area contributed by atoms with Gasteiger partial charge in [0.1, 0.15) is 6.54 Å². The lowest BCUT2D eigenvalue weighted by Gasteiger charge is -2.18. The van der Waals surface area contributed by atoms with Crippen molar-refractivity contribution in [3.8, 4) is 0 Å². The standard InChI is InChI=1S/C11H12F3N3O2/c1-17(10(19)11(12,13)14)7-9(18)16-15-8-5-3-2-4-6-8/h2-6,15H,7H2,1H3,(H,16,18). The molecule has 5 nitrogen and oxygen atoms in total. The number of hydrazine groups is 1. The third kappa shape index (κ3) is 4.86. The Morgan fingerprint density at radius 1 is 1.21 bits per heavy atom. The van der Waals surface area contributed by atoms with Crippen LogP contribution in [0.25, 0.3) is 0 Å². The summed E-state index contributed by atoms with van der Waals surface area (Å²) in [5.74, 6) is -2.83. The Morgan fingerprint density at radius 2 is 1.79 bits per heavy atom. The molecule has 0 unspecified atom stereocenters. The fraction of sp³-hybridized carbons (Fsp3) is 0.273. The fourth-order valence-corrected chi connectivity index (χ4v) is 1.21. The number of likely N-dealkylation sites (N-methyl/N-ethyl adjacent to an activating group) is 1. The van der Waals surface area contributed by atoms with Gasteiger partial charge in [-0.05, 0) is 12.1 Å². The molecule has 0 aliphatic carbocycles. The second-order valence-electron chi connectivity index (χ2n) is 3.70. The number of carbonyl (C=O) groups is 2. The zero-order valence-corrected chi connectivity index (χ0v) is 9.99. The molecule has 8 heteroatoms. The van der Waals surface area contributed by atoms with E-state index in [-0.39, 0.29) is 0 Å². The highest BCUT2D eigenvalue weighted by atomic mass is 19.4. The number of halogens is 3. The number of nitrogens with zero attached hydrogens (tertiary/aromatic N) is 1. The number of benzene rings is 1. The molecule has 0 aromatic heterocycles. The molecule has 0 saturated carbocycles. The zero-order chi connectivity index (χ0) is 14.5. The Kier molecular flexibility index (Phi) is 4.74. The van der Waals surface area contributed by atoms with Crippen molar-refractivity contribution in [2.75, 3.05) is 19.0 Å². The number of rotatable bonds is 4. The quantitative estimate of drug-likeness (QED) is 0.810. The van der Waals surface area contributed by atoms with Crippen molar-refractivity contribution in [2.24, 2.45) is 0 Å². The first-order valence-electron chi connectivity index (χ1n) is 5.23. The van der Waals surface area contributed by atoms with Gasteiger partial charge in [-0.25, -0.2) is 0 Å². The highest BCUT2D eigenvalue weighted by Gasteiger charge is 2.41. The molecule has 2 amide bonds. The minimum absolute atomic E-state index is 0.294. The van der Waals surface area contributed by atoms with Crippen LogP contribution in [0.15, 0.2) is 30.3 Å². The first-order chi connectivity index (χ1) is 8.80. The minimum atomic E-state index is -4.98. The summed E-state index contributed by atoms with van der Waals surface area (Å²) in [6, 6.07) is 8.51. The molecule has 104 valence electrons. The molecule has 19 heavy (non-hydrogen) atoms. The normalized spacial score (nSPS) is 10.7. The van der Waals surface area contributed by atoms with Crippen LogP contribution in [0.5, 0.6) is 0 Å². The summed E-state index contributed by atoms with van der Waals surface area (Å²) in [5.41, 5.74) is 5.26. The second kappa shape index (κ2) is 6.07. The molecule has 0 aliphatic heterocycles. The lowest BCUT2D eigenvalue weighted by molar-refractivity contribution is -0.184. The number of amides is 2. The number of hydrogen-bond acceptors (Lipinski definition) is 3. The maximum atomic E-state index is 12.1. The summed E-state index contributed by atoms with van der Waals surface area (Å²) in [4.78, 5) is 22.4. The first-order valence-corrected chi connectivity index (χ1v) is 5.23. The highest BCUT2D eigenvalue weighted by Crippen LogP contribution is 2.17. The smallest absolute Gasteiger partial charge is 0.329 e. The van der Waals surface area contributed by atoms with Gasteiger partial charge >= 0.3 is 12.1 Å². The Balaban J connectivity index is 2.42. The van der Waals surface area contributed by atoms with Gasteiger partial charge in [-0.2, -0.15) is 13.2 Å². The maximum absolute atomic E-state index is 12.1. The van der Waals surface area contributed by atoms with E-state index in [4.69, 9.17) is 0 Å². The van der Waals surface area contributed by atoms with E-state index in [2.05, 4.69) is 10.9 Å². The largest absolute Gasteiger partial charge is 0.471 e. The van der Waals surface area contributed by atoms with Crippen molar-refractivity contribution >= 4 is 17.5 Å². The minimum Gasteiger partial charge on any atom is -0.329 e. The molecule has 2 N–H and O–H groups in total. The topological polar surface area (TPSA) is 61.4 Å². The van der Waals surface area contributed by atoms with Gasteiger partial charge in [0.05, 0.1) is 5.69 Å². The molecule has 0 radical (unpaired) electrons. The molecule has 1 aromatic rings. The van der Waals surface area contributed by atoms with Crippen LogP contribution in [0, 0.1) is 0 Å². The van der Waals surface area contributed by atoms with E-state index in [0.717, 1.165) is 7.05 Å². The Hall–Kier alpha value is -2.25. The SMILES string of the molecule is CN(CC(=O)NNc1ccccc1)C(=O)C(F)(F)F. The van der Waals surface area contributed by atoms with Crippen molar-refractivity contribution in [1.29, 1.82) is 0 Å². The van der Waals surface area contributed by atoms with Gasteiger partial charge in [0, 0.05) is 7.05 Å². The van der Waals surface area contributed by atoms with Crippen LogP contribution >= 0.6 is 0 Å². The van der Waals surface area contributed by atoms with E-state index in [1.807, 2.05) is 0 Å². The molecule has 1 aromatic carbocycles. The zero-order valence-electron chi connectivity index (χ0n) is 9.99. The highest BCUT2D eigenvalue weighted by molar-refractivity contribution is 5.87. The molecular weight excluding hydrogens is 263 g/mol. The first kappa shape index (κ1) is 14.8. The van der Waals surface area contributed by atoms with Crippen molar-refractivity contribution < 1.29 is 22.8 Å². The van der Waals surface area contributed by atoms with E-state index in [9.17, 15) is 22.8 Å². The van der Waals surface area contributed by atoms with Crippen LogP contribution in [0.3, 0.4) is 0 Å². The number of hydrogen-bond donors (Lipinski definition) is 2. The maximum Gasteiger partial charge on any atom is 0.471 e. The molecule has 0 aliphatic rings. The van der Waals surface area contributed by atoms with Gasteiger partial charge in [-0.3, -0.25) is 20.4 Å². The van der Waals surface area contributed by atoms with Crippen LogP contribution < -0.4 is 10.9 Å². The Bertz CT molecular complexity index is 448. The number of nitrogens with one attached hydrogen (secondary N) is 2. The average Bonchev–Trinajstić information content (AvgIpc) is 2.35. The number of alkyl halides is 3. The molecule has 1 rings (SSSR count). The summed E-state index contributed by atoms with van der Waals surface area (Å²) in [7, 11) is 0.901. The third-order valence-corrected chi connectivity index (χ3v) is 2.09. The average molecular weight is 275 g/mol. The van der Waals surface area contributed by atoms with E-state index in [1.54, 1.807) is 30.3 Å². The van der Waals surface area contributed by atoms with E-state index >= 15 is 0 Å². The summed E-state index contributed by atoms with van der Waals surface area (Å²) in [5, 5.41) is 0. The van der Waals surface area contributed by atoms with Crippen molar-refractivity contribution in [3.63, 3.8) is 0 Å². The molecule has 0 atom stereocenters. The number of anilines is 1. The molecule has 0 saturated heterocycles. The van der Waals surface area contributed by atoms with Crippen LogP contribution in [0.2, 0.25) is 0 Å². The molecule has 0 spiro atoms. The monoisotopic (exact) mass is 275 g/mol. The summed E-state index contributed by atoms with van der Waals surface area (Å²) >= 11 is 0. The van der Waals surface area contributed by atoms with Crippen molar-refractivity contribution in [2.45, 2.75) is 6.18 Å². The van der Waals surface area contributed by atoms with Gasteiger partial charge in [-0.1, -0.05) is 18.2 Å². The lowest BCUT2D eigenvalue weighted by Crippen LogP contribution is -2.45. The third-order valence-electron chi connectivity index (χ3n) is 2.09. The number of carbonyl (C=O) groups excluding carboxylic acids is 2. The van der Waals surface area contributed by atoms with E-state index in [0.29, 0.717) is 10.6 Å². The van der Waals surface area contributed by atoms with E-state index in [1.165, 1.54) is 0 Å². The summed E-state index contributed by atoms with van der Waals surface area (Å²) in [6.45, 7) is -0.696. The van der Waals surface area contributed by atoms with Crippen LogP contribution in [-0.2, 0) is 9.59 Å². The molecular formula is C11H12F3N3O2.